The maximum atomic E-state index is 13.1. The highest BCUT2D eigenvalue weighted by molar-refractivity contribution is 8.00. The zero-order chi connectivity index (χ0) is 25.8. The molecule has 1 N–H and O–H groups in total. The van der Waals surface area contributed by atoms with Crippen molar-refractivity contribution >= 4 is 17.5 Å². The molecule has 2 aromatic carbocycles. The number of alkyl halides is 3. The minimum Gasteiger partial charge on any atom is -0.497 e. The number of aromatic nitrogens is 2. The Morgan fingerprint density at radius 1 is 1.09 bits per heavy atom. The zero-order valence-electron chi connectivity index (χ0n) is 19.9. The Morgan fingerprint density at radius 3 is 2.26 bits per heavy atom. The smallest absolute Gasteiger partial charge is 0.446 e. The van der Waals surface area contributed by atoms with Crippen LogP contribution in [0.2, 0.25) is 0 Å². The number of ether oxygens (including phenoxy) is 1. The van der Waals surface area contributed by atoms with E-state index in [1.807, 2.05) is 45.0 Å². The predicted molar refractivity (Wildman–Crippen MR) is 130 cm³/mol. The molecule has 9 heteroatoms. The minimum atomic E-state index is -4.36. The number of rotatable bonds is 9. The van der Waals surface area contributed by atoms with Gasteiger partial charge < -0.3 is 9.72 Å². The van der Waals surface area contributed by atoms with Crippen molar-refractivity contribution in [1.29, 1.82) is 0 Å². The van der Waals surface area contributed by atoms with E-state index >= 15 is 0 Å². The van der Waals surface area contributed by atoms with Crippen LogP contribution in [0.3, 0.4) is 0 Å². The fraction of sp³-hybridized carbons (Fsp3) is 0.346. The first-order chi connectivity index (χ1) is 16.4. The molecule has 0 spiro atoms. The summed E-state index contributed by atoms with van der Waals surface area (Å²) in [6.07, 6.45) is 0.687. The molecular formula is C26H27F3N2O3S. The Bertz CT molecular complexity index is 1220. The lowest BCUT2D eigenvalue weighted by Gasteiger charge is -2.25. The van der Waals surface area contributed by atoms with Crippen molar-refractivity contribution in [1.82, 2.24) is 9.97 Å². The molecule has 0 saturated heterocycles. The van der Waals surface area contributed by atoms with E-state index in [4.69, 9.17) is 4.74 Å². The zero-order valence-corrected chi connectivity index (χ0v) is 20.7. The van der Waals surface area contributed by atoms with Crippen LogP contribution in [0.25, 0.3) is 0 Å². The molecule has 1 heterocycles. The predicted octanol–water partition coefficient (Wildman–Crippen LogP) is 6.48. The summed E-state index contributed by atoms with van der Waals surface area (Å²) in [5.74, 6) is 0.542. The maximum absolute atomic E-state index is 13.1. The molecule has 0 unspecified atom stereocenters. The highest BCUT2D eigenvalue weighted by Crippen LogP contribution is 2.37. The molecule has 0 radical (unpaired) electrons. The molecule has 0 bridgehead atoms. The van der Waals surface area contributed by atoms with Crippen molar-refractivity contribution in [3.05, 3.63) is 87.6 Å². The van der Waals surface area contributed by atoms with Crippen molar-refractivity contribution in [2.75, 3.05) is 7.11 Å². The van der Waals surface area contributed by atoms with Crippen LogP contribution in [-0.4, -0.2) is 28.4 Å². The van der Waals surface area contributed by atoms with Gasteiger partial charge in [-0.2, -0.15) is 13.2 Å². The average Bonchev–Trinajstić information content (AvgIpc) is 2.81. The number of thioether (sulfide) groups is 1. The van der Waals surface area contributed by atoms with Gasteiger partial charge in [-0.05, 0) is 73.3 Å². The van der Waals surface area contributed by atoms with Gasteiger partial charge in [-0.25, -0.2) is 4.98 Å². The molecule has 1 aromatic heterocycles. The summed E-state index contributed by atoms with van der Waals surface area (Å²) in [6.45, 7) is 5.70. The Hall–Kier alpha value is -3.07. The van der Waals surface area contributed by atoms with Gasteiger partial charge in [0.05, 0.1) is 7.11 Å². The van der Waals surface area contributed by atoms with E-state index in [1.165, 1.54) is 18.2 Å². The highest BCUT2D eigenvalue weighted by Gasteiger charge is 2.30. The average molecular weight is 505 g/mol. The summed E-state index contributed by atoms with van der Waals surface area (Å²) in [5, 5.41) is 0. The van der Waals surface area contributed by atoms with Crippen molar-refractivity contribution < 1.29 is 22.7 Å². The molecule has 0 aliphatic carbocycles. The van der Waals surface area contributed by atoms with E-state index in [9.17, 15) is 22.8 Å². The number of aromatic amines is 1. The number of H-pyrrole nitrogens is 1. The number of ketones is 1. The number of hydrogen-bond acceptors (Lipinski definition) is 5. The lowest BCUT2D eigenvalue weighted by Crippen LogP contribution is -2.28. The molecule has 1 atom stereocenters. The van der Waals surface area contributed by atoms with E-state index in [1.54, 1.807) is 19.2 Å². The van der Waals surface area contributed by atoms with Gasteiger partial charge in [0.15, 0.2) is 5.78 Å². The normalized spacial score (nSPS) is 12.9. The van der Waals surface area contributed by atoms with Crippen LogP contribution < -0.4 is 10.3 Å². The second-order valence-corrected chi connectivity index (χ2v) is 9.82. The van der Waals surface area contributed by atoms with Gasteiger partial charge in [-0.3, -0.25) is 9.59 Å². The molecule has 0 fully saturated rings. The Labute approximate surface area is 206 Å². The second kappa shape index (κ2) is 10.7. The summed E-state index contributed by atoms with van der Waals surface area (Å²) >= 11 is -0.177. The van der Waals surface area contributed by atoms with E-state index < -0.39 is 16.5 Å². The quantitative estimate of drug-likeness (QED) is 0.267. The third kappa shape index (κ3) is 6.75. The standard InChI is InChI=1S/C26H27F3N2O3S/c1-5-16(17-6-12-20(13-7-17)35-26(27,28)29)14-22(32)21-15-23(33)31-24(30-21)25(2,3)18-8-10-19(34-4)11-9-18/h6-13,15-16H,5,14H2,1-4H3,(H,30,31,33)/t16-/m0/s1. The van der Waals surface area contributed by atoms with Gasteiger partial charge in [-0.15, -0.1) is 0 Å². The van der Waals surface area contributed by atoms with Crippen molar-refractivity contribution in [3.63, 3.8) is 0 Å². The van der Waals surface area contributed by atoms with Crippen LogP contribution in [0, 0.1) is 0 Å². The number of methoxy groups -OCH3 is 1. The molecule has 0 amide bonds. The second-order valence-electron chi connectivity index (χ2n) is 8.68. The summed E-state index contributed by atoms with van der Waals surface area (Å²) in [6, 6.07) is 14.6. The maximum Gasteiger partial charge on any atom is 0.446 e. The number of halogens is 3. The molecule has 35 heavy (non-hydrogen) atoms. The van der Waals surface area contributed by atoms with E-state index in [0.717, 1.165) is 11.1 Å². The van der Waals surface area contributed by atoms with Crippen LogP contribution in [-0.2, 0) is 5.41 Å². The molecule has 3 rings (SSSR count). The molecule has 186 valence electrons. The van der Waals surface area contributed by atoms with Crippen molar-refractivity contribution in [3.8, 4) is 5.75 Å². The van der Waals surface area contributed by atoms with E-state index in [-0.39, 0.29) is 40.5 Å². The lowest BCUT2D eigenvalue weighted by molar-refractivity contribution is -0.0328. The van der Waals surface area contributed by atoms with Gasteiger partial charge in [0, 0.05) is 22.8 Å². The summed E-state index contributed by atoms with van der Waals surface area (Å²) in [4.78, 5) is 32.8. The monoisotopic (exact) mass is 504 g/mol. The highest BCUT2D eigenvalue weighted by atomic mass is 32.2. The fourth-order valence-corrected chi connectivity index (χ4v) is 4.35. The van der Waals surface area contributed by atoms with Gasteiger partial charge in [-0.1, -0.05) is 31.2 Å². The molecule has 0 aliphatic rings. The first kappa shape index (κ1) is 26.5. The van der Waals surface area contributed by atoms with Crippen LogP contribution in [0.5, 0.6) is 5.75 Å². The third-order valence-corrected chi connectivity index (χ3v) is 6.68. The van der Waals surface area contributed by atoms with Gasteiger partial charge in [0.1, 0.15) is 17.3 Å². The van der Waals surface area contributed by atoms with Crippen LogP contribution in [0.15, 0.2) is 64.3 Å². The first-order valence-electron chi connectivity index (χ1n) is 11.1. The summed E-state index contributed by atoms with van der Waals surface area (Å²) in [5.41, 5.74) is -3.76. The number of hydrogen-bond donors (Lipinski definition) is 1. The summed E-state index contributed by atoms with van der Waals surface area (Å²) < 4.78 is 43.0. The first-order valence-corrected chi connectivity index (χ1v) is 11.9. The lowest BCUT2D eigenvalue weighted by atomic mass is 9.83. The fourth-order valence-electron chi connectivity index (χ4n) is 3.81. The van der Waals surface area contributed by atoms with E-state index in [2.05, 4.69) is 9.97 Å². The van der Waals surface area contributed by atoms with Gasteiger partial charge >= 0.3 is 5.51 Å². The number of nitrogens with zero attached hydrogens (tertiary/aromatic N) is 1. The number of nitrogens with one attached hydrogen (secondary N) is 1. The molecule has 5 nitrogen and oxygen atoms in total. The summed E-state index contributed by atoms with van der Waals surface area (Å²) in [7, 11) is 1.58. The van der Waals surface area contributed by atoms with Crippen molar-refractivity contribution in [2.24, 2.45) is 0 Å². The molecular weight excluding hydrogens is 477 g/mol. The number of carbonyl (C=O) groups excluding carboxylic acids is 1. The topological polar surface area (TPSA) is 72.0 Å². The van der Waals surface area contributed by atoms with Crippen LogP contribution in [0.1, 0.15) is 67.0 Å². The molecule has 3 aromatic rings. The van der Waals surface area contributed by atoms with E-state index in [0.29, 0.717) is 18.0 Å². The van der Waals surface area contributed by atoms with Crippen molar-refractivity contribution in [2.45, 2.75) is 55.3 Å². The van der Waals surface area contributed by atoms with Crippen LogP contribution in [0.4, 0.5) is 13.2 Å². The number of benzene rings is 2. The number of Topliss-reactive ketones (excluding diaryl/α,β-unsaturated/α-hetero) is 1. The largest absolute Gasteiger partial charge is 0.497 e. The van der Waals surface area contributed by atoms with Crippen LogP contribution >= 0.6 is 11.8 Å². The van der Waals surface area contributed by atoms with Gasteiger partial charge in [0.2, 0.25) is 0 Å². The Kier molecular flexibility index (Phi) is 8.10. The SMILES string of the molecule is CC[C@@H](CC(=O)c1cc(=O)[nH]c(C(C)(C)c2ccc(OC)cc2)n1)c1ccc(SC(F)(F)F)cc1. The molecule has 0 aliphatic heterocycles. The third-order valence-electron chi connectivity index (χ3n) is 5.94. The minimum absolute atomic E-state index is 0.0630. The Morgan fingerprint density at radius 2 is 1.71 bits per heavy atom. The molecule has 0 saturated carbocycles. The Balaban J connectivity index is 1.83. The van der Waals surface area contributed by atoms with Gasteiger partial charge in [0.25, 0.3) is 5.56 Å². The number of carbonyl (C=O) groups is 1.